The molecule has 8 nitrogen and oxygen atoms in total. The molecule has 0 radical (unpaired) electrons. The largest absolute Gasteiger partial charge is 0.497 e. The minimum absolute atomic E-state index is 0.158. The van der Waals surface area contributed by atoms with E-state index >= 15 is 0 Å². The topological polar surface area (TPSA) is 109 Å². The van der Waals surface area contributed by atoms with Gasteiger partial charge in [0.25, 0.3) is 0 Å². The van der Waals surface area contributed by atoms with E-state index in [1.54, 1.807) is 42.5 Å². The zero-order chi connectivity index (χ0) is 24.8. The normalized spacial score (nSPS) is 14.5. The number of carbonyl (C=O) groups is 2. The van der Waals surface area contributed by atoms with Crippen molar-refractivity contribution >= 4 is 23.1 Å². The average Bonchev–Trinajstić information content (AvgIpc) is 2.90. The third kappa shape index (κ3) is 5.16. The average molecular weight is 472 g/mol. The Hall–Kier alpha value is -4.59. The molecule has 1 amide bonds. The lowest BCUT2D eigenvalue weighted by Gasteiger charge is -2.24. The van der Waals surface area contributed by atoms with E-state index in [2.05, 4.69) is 15.8 Å². The summed E-state index contributed by atoms with van der Waals surface area (Å²) in [6, 6.07) is 20.6. The van der Waals surface area contributed by atoms with E-state index in [1.165, 1.54) is 20.3 Å². The first-order chi connectivity index (χ1) is 17.0. The zero-order valence-corrected chi connectivity index (χ0v) is 19.3. The van der Waals surface area contributed by atoms with Gasteiger partial charge in [-0.05, 0) is 23.8 Å². The Kier molecular flexibility index (Phi) is 7.11. The highest BCUT2D eigenvalue weighted by molar-refractivity contribution is 6.26. The van der Waals surface area contributed by atoms with Crippen molar-refractivity contribution in [1.29, 1.82) is 0 Å². The van der Waals surface area contributed by atoms with Gasteiger partial charge in [0.2, 0.25) is 11.7 Å². The number of allylic oxidation sites excluding steroid dienone is 2. The van der Waals surface area contributed by atoms with Crippen LogP contribution in [0.15, 0.2) is 89.7 Å². The Balaban J connectivity index is 1.66. The summed E-state index contributed by atoms with van der Waals surface area (Å²) in [5.74, 6) is 0.349. The van der Waals surface area contributed by atoms with Crippen LogP contribution in [0, 0.1) is 0 Å². The van der Waals surface area contributed by atoms with Gasteiger partial charge in [-0.15, -0.1) is 0 Å². The molecule has 0 unspecified atom stereocenters. The molecule has 178 valence electrons. The number of nitrogens with one attached hydrogen (secondary N) is 2. The fourth-order valence-corrected chi connectivity index (χ4v) is 3.90. The van der Waals surface area contributed by atoms with Crippen LogP contribution in [-0.4, -0.2) is 42.9 Å². The van der Waals surface area contributed by atoms with Crippen molar-refractivity contribution in [2.75, 3.05) is 19.5 Å². The van der Waals surface area contributed by atoms with Crippen LogP contribution in [0.3, 0.4) is 0 Å². The summed E-state index contributed by atoms with van der Waals surface area (Å²) in [7, 11) is 3.04. The van der Waals surface area contributed by atoms with Gasteiger partial charge in [0.1, 0.15) is 23.3 Å². The molecule has 3 aromatic carbocycles. The maximum absolute atomic E-state index is 13.5. The van der Waals surface area contributed by atoms with Crippen LogP contribution in [0.1, 0.15) is 21.5 Å². The second-order valence-corrected chi connectivity index (χ2v) is 7.86. The number of Topliss-reactive ketones (excluding diaryl/α,β-unsaturated/α-hetero) is 1. The number of ketones is 1. The standard InChI is InChI=1S/C27H25N3O5/c1-34-18-12-13-25(35-2)22(15-18)29-27(32)24(14-17-8-4-3-5-9-17)28-23-16-21(30-33)19-10-6-7-11-20(19)26(23)31/h3-13,15-16,24,28,33H,14H2,1-2H3,(H,29,32)/b30-21-/t24-/m1/s1. The van der Waals surface area contributed by atoms with E-state index in [0.29, 0.717) is 34.7 Å². The lowest BCUT2D eigenvalue weighted by atomic mass is 9.91. The van der Waals surface area contributed by atoms with Gasteiger partial charge < -0.3 is 25.3 Å². The number of hydrogen-bond acceptors (Lipinski definition) is 7. The van der Waals surface area contributed by atoms with Crippen LogP contribution in [0.25, 0.3) is 0 Å². The van der Waals surface area contributed by atoms with Crippen LogP contribution in [-0.2, 0) is 11.2 Å². The number of carbonyl (C=O) groups excluding carboxylic acids is 2. The van der Waals surface area contributed by atoms with Gasteiger partial charge >= 0.3 is 0 Å². The first-order valence-electron chi connectivity index (χ1n) is 10.9. The Morgan fingerprint density at radius 3 is 2.37 bits per heavy atom. The summed E-state index contributed by atoms with van der Waals surface area (Å²) < 4.78 is 10.7. The first-order valence-corrected chi connectivity index (χ1v) is 10.9. The molecule has 4 rings (SSSR count). The summed E-state index contributed by atoms with van der Waals surface area (Å²) in [4.78, 5) is 26.7. The highest BCUT2D eigenvalue weighted by atomic mass is 16.5. The quantitative estimate of drug-likeness (QED) is 0.341. The predicted molar refractivity (Wildman–Crippen MR) is 132 cm³/mol. The van der Waals surface area contributed by atoms with Crippen molar-refractivity contribution in [1.82, 2.24) is 5.32 Å². The minimum atomic E-state index is -0.825. The monoisotopic (exact) mass is 471 g/mol. The number of hydrogen-bond donors (Lipinski definition) is 3. The molecule has 1 aliphatic carbocycles. The molecule has 3 N–H and O–H groups in total. The maximum atomic E-state index is 13.5. The van der Waals surface area contributed by atoms with Gasteiger partial charge in [0, 0.05) is 23.6 Å². The van der Waals surface area contributed by atoms with Gasteiger partial charge in [-0.3, -0.25) is 9.59 Å². The molecular weight excluding hydrogens is 446 g/mol. The molecule has 35 heavy (non-hydrogen) atoms. The zero-order valence-electron chi connectivity index (χ0n) is 19.3. The van der Waals surface area contributed by atoms with Crippen LogP contribution >= 0.6 is 0 Å². The maximum Gasteiger partial charge on any atom is 0.247 e. The molecule has 0 saturated carbocycles. The summed E-state index contributed by atoms with van der Waals surface area (Å²) in [6.07, 6.45) is 1.75. The second kappa shape index (κ2) is 10.6. The van der Waals surface area contributed by atoms with Crippen LogP contribution < -0.4 is 20.1 Å². The Bertz CT molecular complexity index is 1300. The van der Waals surface area contributed by atoms with Crippen LogP contribution in [0.5, 0.6) is 11.5 Å². The number of amides is 1. The van der Waals surface area contributed by atoms with E-state index in [4.69, 9.17) is 9.47 Å². The number of fused-ring (bicyclic) bond motifs is 1. The number of anilines is 1. The van der Waals surface area contributed by atoms with Gasteiger partial charge in [0.05, 0.1) is 25.6 Å². The Labute approximate surface area is 202 Å². The van der Waals surface area contributed by atoms with Crippen LogP contribution in [0.4, 0.5) is 5.69 Å². The molecular formula is C27H25N3O5. The molecule has 0 fully saturated rings. The number of ether oxygens (including phenoxy) is 2. The molecule has 8 heteroatoms. The number of oxime groups is 1. The molecule has 1 atom stereocenters. The molecule has 0 heterocycles. The fraction of sp³-hybridized carbons (Fsp3) is 0.148. The summed E-state index contributed by atoms with van der Waals surface area (Å²) >= 11 is 0. The highest BCUT2D eigenvalue weighted by Crippen LogP contribution is 2.29. The Morgan fingerprint density at radius 2 is 1.69 bits per heavy atom. The summed E-state index contributed by atoms with van der Waals surface area (Å²) in [5.41, 5.74) is 2.64. The lowest BCUT2D eigenvalue weighted by Crippen LogP contribution is -2.44. The lowest BCUT2D eigenvalue weighted by molar-refractivity contribution is -0.117. The second-order valence-electron chi connectivity index (χ2n) is 7.86. The highest BCUT2D eigenvalue weighted by Gasteiger charge is 2.29. The molecule has 0 spiro atoms. The molecule has 1 aliphatic rings. The van der Waals surface area contributed by atoms with E-state index in [1.807, 2.05) is 30.3 Å². The number of nitrogens with zero attached hydrogens (tertiary/aromatic N) is 1. The number of rotatable bonds is 8. The van der Waals surface area contributed by atoms with Gasteiger partial charge in [-0.1, -0.05) is 59.8 Å². The summed E-state index contributed by atoms with van der Waals surface area (Å²) in [6.45, 7) is 0. The van der Waals surface area contributed by atoms with E-state index in [0.717, 1.165) is 5.56 Å². The Morgan fingerprint density at radius 1 is 0.971 bits per heavy atom. The third-order valence-corrected chi connectivity index (χ3v) is 5.67. The van der Waals surface area contributed by atoms with Gasteiger partial charge in [0.15, 0.2) is 0 Å². The minimum Gasteiger partial charge on any atom is -0.497 e. The van der Waals surface area contributed by atoms with Crippen molar-refractivity contribution in [3.8, 4) is 11.5 Å². The summed E-state index contributed by atoms with van der Waals surface area (Å²) in [5, 5.41) is 18.8. The first kappa shape index (κ1) is 23.6. The SMILES string of the molecule is COc1ccc(OC)c(NC(=O)[C@@H](Cc2ccccc2)NC2=C/C(=N/O)c3ccccc3C2=O)c1. The number of benzene rings is 3. The molecule has 0 bridgehead atoms. The van der Waals surface area contributed by atoms with Gasteiger partial charge in [-0.25, -0.2) is 0 Å². The van der Waals surface area contributed by atoms with Crippen molar-refractivity contribution in [3.63, 3.8) is 0 Å². The van der Waals surface area contributed by atoms with Crippen molar-refractivity contribution < 1.29 is 24.3 Å². The van der Waals surface area contributed by atoms with E-state index in [9.17, 15) is 14.8 Å². The molecule has 0 aromatic heterocycles. The predicted octanol–water partition coefficient (Wildman–Crippen LogP) is 3.80. The van der Waals surface area contributed by atoms with E-state index < -0.39 is 6.04 Å². The van der Waals surface area contributed by atoms with Crippen LogP contribution in [0.2, 0.25) is 0 Å². The van der Waals surface area contributed by atoms with Crippen molar-refractivity contribution in [2.24, 2.45) is 5.16 Å². The van der Waals surface area contributed by atoms with Gasteiger partial charge in [-0.2, -0.15) is 0 Å². The van der Waals surface area contributed by atoms with Crippen molar-refractivity contribution in [3.05, 3.63) is 101 Å². The van der Waals surface area contributed by atoms with Crippen molar-refractivity contribution in [2.45, 2.75) is 12.5 Å². The fourth-order valence-electron chi connectivity index (χ4n) is 3.90. The third-order valence-electron chi connectivity index (χ3n) is 5.67. The number of methoxy groups -OCH3 is 2. The molecule has 0 aliphatic heterocycles. The smallest absolute Gasteiger partial charge is 0.247 e. The molecule has 0 saturated heterocycles. The van der Waals surface area contributed by atoms with E-state index in [-0.39, 0.29) is 23.1 Å². The molecule has 3 aromatic rings.